The molecule has 0 aliphatic carbocycles. The summed E-state index contributed by atoms with van der Waals surface area (Å²) in [7, 11) is 0. The molecule has 0 bridgehead atoms. The first-order chi connectivity index (χ1) is 10.7. The molecule has 0 saturated carbocycles. The second-order valence-electron chi connectivity index (χ2n) is 6.55. The molecule has 0 radical (unpaired) electrons. The zero-order chi connectivity index (χ0) is 15.7. The second kappa shape index (κ2) is 8.99. The Morgan fingerprint density at radius 2 is 1.82 bits per heavy atom. The lowest BCUT2D eigenvalue weighted by Gasteiger charge is -2.09. The second-order valence-corrected chi connectivity index (χ2v) is 6.55. The molecule has 0 amide bonds. The fourth-order valence-electron chi connectivity index (χ4n) is 2.37. The van der Waals surface area contributed by atoms with Gasteiger partial charge in [0.05, 0.1) is 6.61 Å². The van der Waals surface area contributed by atoms with Crippen molar-refractivity contribution in [1.29, 1.82) is 0 Å². The highest BCUT2D eigenvalue weighted by molar-refractivity contribution is 5.28. The predicted molar refractivity (Wildman–Crippen MR) is 92.5 cm³/mol. The van der Waals surface area contributed by atoms with Crippen LogP contribution in [0.15, 0.2) is 36.4 Å². The van der Waals surface area contributed by atoms with E-state index in [1.807, 2.05) is 0 Å². The average molecular weight is 302 g/mol. The van der Waals surface area contributed by atoms with Crippen LogP contribution in [0.4, 0.5) is 0 Å². The van der Waals surface area contributed by atoms with Gasteiger partial charge in [-0.3, -0.25) is 0 Å². The molecule has 1 unspecified atom stereocenters. The Hall–Kier alpha value is -1.28. The maximum absolute atomic E-state index is 5.73. The van der Waals surface area contributed by atoms with Gasteiger partial charge in [0.2, 0.25) is 0 Å². The number of epoxide rings is 1. The monoisotopic (exact) mass is 302 g/mol. The maximum atomic E-state index is 5.73. The van der Waals surface area contributed by atoms with Gasteiger partial charge in [0.25, 0.3) is 0 Å². The molecule has 22 heavy (non-hydrogen) atoms. The van der Waals surface area contributed by atoms with Crippen LogP contribution in [0.3, 0.4) is 0 Å². The Labute approximate surface area is 135 Å². The van der Waals surface area contributed by atoms with E-state index in [-0.39, 0.29) is 5.60 Å². The number of rotatable bonds is 11. The average Bonchev–Trinajstić information content (AvgIpc) is 3.27. The van der Waals surface area contributed by atoms with Gasteiger partial charge in [0.15, 0.2) is 0 Å². The van der Waals surface area contributed by atoms with E-state index < -0.39 is 0 Å². The van der Waals surface area contributed by atoms with Crippen LogP contribution in [0.1, 0.15) is 57.9 Å². The van der Waals surface area contributed by atoms with Crippen molar-refractivity contribution in [3.63, 3.8) is 0 Å². The normalized spacial score (nSPS) is 20.5. The van der Waals surface area contributed by atoms with Gasteiger partial charge in [-0.15, -0.1) is 0 Å². The summed E-state index contributed by atoms with van der Waals surface area (Å²) in [4.78, 5) is 0. The third-order valence-electron chi connectivity index (χ3n) is 4.10. The van der Waals surface area contributed by atoms with Crippen molar-refractivity contribution >= 4 is 0 Å². The molecule has 1 aliphatic rings. The summed E-state index contributed by atoms with van der Waals surface area (Å²) in [6.45, 7) is 5.79. The zero-order valence-electron chi connectivity index (χ0n) is 14.1. The van der Waals surface area contributed by atoms with E-state index in [2.05, 4.69) is 50.3 Å². The fraction of sp³-hybridized carbons (Fsp3) is 0.600. The predicted octanol–water partition coefficient (Wildman–Crippen LogP) is 5.31. The molecule has 1 saturated heterocycles. The van der Waals surface area contributed by atoms with Crippen LogP contribution in [0, 0.1) is 0 Å². The summed E-state index contributed by atoms with van der Waals surface area (Å²) in [6.07, 6.45) is 13.6. The largest absolute Gasteiger partial charge is 0.491 e. The summed E-state index contributed by atoms with van der Waals surface area (Å²) in [6, 6.07) is 8.41. The Morgan fingerprint density at radius 1 is 1.09 bits per heavy atom. The van der Waals surface area contributed by atoms with Crippen molar-refractivity contribution in [1.82, 2.24) is 0 Å². The number of ether oxygens (including phenoxy) is 2. The third-order valence-corrected chi connectivity index (χ3v) is 4.10. The number of unbranched alkanes of at least 4 members (excludes halogenated alkanes) is 5. The van der Waals surface area contributed by atoms with Crippen molar-refractivity contribution in [2.75, 3.05) is 13.2 Å². The molecule has 122 valence electrons. The van der Waals surface area contributed by atoms with E-state index in [1.54, 1.807) is 0 Å². The van der Waals surface area contributed by atoms with Crippen molar-refractivity contribution in [2.45, 2.75) is 64.4 Å². The minimum absolute atomic E-state index is 0.0431. The van der Waals surface area contributed by atoms with Gasteiger partial charge < -0.3 is 9.47 Å². The summed E-state index contributed by atoms with van der Waals surface area (Å²) >= 11 is 0. The minimum atomic E-state index is -0.0431. The molecule has 2 nitrogen and oxygen atoms in total. The lowest BCUT2D eigenvalue weighted by atomic mass is 10.1. The van der Waals surface area contributed by atoms with Gasteiger partial charge in [0.1, 0.15) is 18.0 Å². The maximum Gasteiger partial charge on any atom is 0.123 e. The molecular formula is C20H30O2. The van der Waals surface area contributed by atoms with Gasteiger partial charge in [-0.25, -0.2) is 0 Å². The van der Waals surface area contributed by atoms with Crippen molar-refractivity contribution in [3.8, 4) is 5.75 Å². The molecule has 2 heteroatoms. The van der Waals surface area contributed by atoms with E-state index in [1.165, 1.54) is 44.1 Å². The van der Waals surface area contributed by atoms with E-state index in [0.717, 1.165) is 18.8 Å². The van der Waals surface area contributed by atoms with Crippen LogP contribution in [0.2, 0.25) is 0 Å². The molecule has 0 aromatic heterocycles. The molecule has 0 spiro atoms. The van der Waals surface area contributed by atoms with Crippen LogP contribution >= 0.6 is 0 Å². The van der Waals surface area contributed by atoms with Gasteiger partial charge in [-0.05, 0) is 43.9 Å². The number of benzene rings is 1. The standard InChI is InChI=1S/C20H30O2/c1-3-4-5-6-7-8-9-10-11-18-12-14-19(15-13-18)21-16-20(2)17-22-20/h9-10,12-15H,3-8,11,16-17H2,1-2H3/b10-9+. The van der Waals surface area contributed by atoms with Crippen LogP contribution in [-0.4, -0.2) is 18.8 Å². The first-order valence-electron chi connectivity index (χ1n) is 8.72. The molecule has 1 aromatic carbocycles. The smallest absolute Gasteiger partial charge is 0.123 e. The highest BCUT2D eigenvalue weighted by atomic mass is 16.6. The van der Waals surface area contributed by atoms with Crippen molar-refractivity contribution < 1.29 is 9.47 Å². The molecule has 1 aromatic rings. The SMILES string of the molecule is CCCCCCC/C=C/Cc1ccc(OCC2(C)CO2)cc1. The highest BCUT2D eigenvalue weighted by Gasteiger charge is 2.40. The fourth-order valence-corrected chi connectivity index (χ4v) is 2.37. The first kappa shape index (κ1) is 17.1. The van der Waals surface area contributed by atoms with E-state index in [9.17, 15) is 0 Å². The Morgan fingerprint density at radius 3 is 2.50 bits per heavy atom. The lowest BCUT2D eigenvalue weighted by molar-refractivity contribution is 0.202. The molecule has 1 atom stereocenters. The molecular weight excluding hydrogens is 272 g/mol. The zero-order valence-corrected chi connectivity index (χ0v) is 14.1. The number of allylic oxidation sites excluding steroid dienone is 2. The van der Waals surface area contributed by atoms with Crippen LogP contribution in [0.25, 0.3) is 0 Å². The summed E-state index contributed by atoms with van der Waals surface area (Å²) < 4.78 is 11.0. The van der Waals surface area contributed by atoms with E-state index in [0.29, 0.717) is 6.61 Å². The van der Waals surface area contributed by atoms with Gasteiger partial charge in [0, 0.05) is 0 Å². The number of hydrogen-bond acceptors (Lipinski definition) is 2. The van der Waals surface area contributed by atoms with Crippen LogP contribution in [0.5, 0.6) is 5.75 Å². The van der Waals surface area contributed by atoms with Crippen molar-refractivity contribution in [2.24, 2.45) is 0 Å². The quantitative estimate of drug-likeness (QED) is 0.314. The number of hydrogen-bond donors (Lipinski definition) is 0. The van der Waals surface area contributed by atoms with Crippen molar-refractivity contribution in [3.05, 3.63) is 42.0 Å². The molecule has 2 rings (SSSR count). The third kappa shape index (κ3) is 6.65. The highest BCUT2D eigenvalue weighted by Crippen LogP contribution is 2.27. The van der Waals surface area contributed by atoms with Crippen LogP contribution < -0.4 is 4.74 Å². The molecule has 1 fully saturated rings. The Kier molecular flexibility index (Phi) is 6.98. The van der Waals surface area contributed by atoms with Gasteiger partial charge >= 0.3 is 0 Å². The Bertz CT molecular complexity index is 443. The first-order valence-corrected chi connectivity index (χ1v) is 8.72. The topological polar surface area (TPSA) is 21.8 Å². The summed E-state index contributed by atoms with van der Waals surface area (Å²) in [5.41, 5.74) is 1.29. The van der Waals surface area contributed by atoms with Gasteiger partial charge in [-0.2, -0.15) is 0 Å². The Balaban J connectivity index is 1.59. The van der Waals surface area contributed by atoms with E-state index in [4.69, 9.17) is 9.47 Å². The van der Waals surface area contributed by atoms with E-state index >= 15 is 0 Å². The summed E-state index contributed by atoms with van der Waals surface area (Å²) in [5.74, 6) is 0.931. The lowest BCUT2D eigenvalue weighted by Crippen LogP contribution is -2.16. The molecule has 1 aliphatic heterocycles. The van der Waals surface area contributed by atoms with Gasteiger partial charge in [-0.1, -0.05) is 56.9 Å². The summed E-state index contributed by atoms with van der Waals surface area (Å²) in [5, 5.41) is 0. The van der Waals surface area contributed by atoms with Crippen LogP contribution in [-0.2, 0) is 11.2 Å². The molecule has 0 N–H and O–H groups in total. The minimum Gasteiger partial charge on any atom is -0.491 e. The molecule has 1 heterocycles.